The van der Waals surface area contributed by atoms with Crippen LogP contribution < -0.4 is 5.32 Å². The molecule has 2 heteroatoms. The number of carbonyl (C=O) groups is 1. The molecule has 0 aromatic rings. The molecule has 0 saturated carbocycles. The van der Waals surface area contributed by atoms with E-state index >= 15 is 0 Å². The molecule has 0 bridgehead atoms. The molecule has 1 amide bonds. The summed E-state index contributed by atoms with van der Waals surface area (Å²) in [6, 6.07) is 0.461. The van der Waals surface area contributed by atoms with Crippen molar-refractivity contribution < 1.29 is 4.79 Å². The van der Waals surface area contributed by atoms with Crippen LogP contribution in [0.4, 0.5) is 0 Å². The maximum atomic E-state index is 10.9. The highest BCUT2D eigenvalue weighted by molar-refractivity contribution is 5.78. The average molecular weight is 155 g/mol. The fourth-order valence-electron chi connectivity index (χ4n) is 1.62. The molecule has 64 valence electrons. The predicted octanol–water partition coefficient (Wildman–Crippen LogP) is 1.70. The summed E-state index contributed by atoms with van der Waals surface area (Å²) in [5, 5.41) is 3.00. The van der Waals surface area contributed by atoms with Gasteiger partial charge in [0.15, 0.2) is 0 Å². The molecule has 1 fully saturated rings. The monoisotopic (exact) mass is 155 g/mol. The van der Waals surface area contributed by atoms with Crippen molar-refractivity contribution in [1.82, 2.24) is 5.32 Å². The van der Waals surface area contributed by atoms with E-state index in [1.165, 1.54) is 12.8 Å². The van der Waals surface area contributed by atoms with Crippen molar-refractivity contribution in [2.75, 3.05) is 0 Å². The number of hydrogen-bond donors (Lipinski definition) is 1. The number of nitrogens with one attached hydrogen (secondary N) is 1. The summed E-state index contributed by atoms with van der Waals surface area (Å²) >= 11 is 0. The molecule has 2 nitrogen and oxygen atoms in total. The normalized spacial score (nSPS) is 30.5. The molecule has 0 aliphatic carbocycles. The van der Waals surface area contributed by atoms with E-state index in [4.69, 9.17) is 0 Å². The van der Waals surface area contributed by atoms with Gasteiger partial charge in [0.2, 0.25) is 5.91 Å². The summed E-state index contributed by atoms with van der Waals surface area (Å²) in [6.07, 6.45) is 4.34. The molecule has 1 rings (SSSR count). The van der Waals surface area contributed by atoms with Gasteiger partial charge in [-0.2, -0.15) is 0 Å². The second kappa shape index (κ2) is 3.74. The van der Waals surface area contributed by atoms with Gasteiger partial charge in [-0.3, -0.25) is 4.79 Å². The zero-order valence-electron chi connectivity index (χ0n) is 7.39. The Morgan fingerprint density at radius 1 is 1.64 bits per heavy atom. The first kappa shape index (κ1) is 8.57. The van der Waals surface area contributed by atoms with Crippen molar-refractivity contribution in [1.29, 1.82) is 0 Å². The van der Waals surface area contributed by atoms with Gasteiger partial charge in [-0.05, 0) is 12.3 Å². The Morgan fingerprint density at radius 3 is 2.82 bits per heavy atom. The molecule has 2 unspecified atom stereocenters. The molecule has 2 atom stereocenters. The molecule has 1 heterocycles. The number of amides is 1. The minimum Gasteiger partial charge on any atom is -0.353 e. The summed E-state index contributed by atoms with van der Waals surface area (Å²) < 4.78 is 0. The number of unbranched alkanes of at least 4 members (excludes halogenated alkanes) is 1. The third-order valence-corrected chi connectivity index (χ3v) is 2.41. The van der Waals surface area contributed by atoms with Gasteiger partial charge in [-0.15, -0.1) is 0 Å². The van der Waals surface area contributed by atoms with Crippen molar-refractivity contribution >= 4 is 5.91 Å². The molecular formula is C9H17NO. The number of carbonyl (C=O) groups excluding carboxylic acids is 1. The molecule has 1 N–H and O–H groups in total. The zero-order valence-corrected chi connectivity index (χ0v) is 7.39. The minimum atomic E-state index is 0.235. The van der Waals surface area contributed by atoms with E-state index < -0.39 is 0 Å². The summed E-state index contributed by atoms with van der Waals surface area (Å²) in [5.41, 5.74) is 0. The quantitative estimate of drug-likeness (QED) is 0.660. The SMILES string of the molecule is CCCCC1NC(=O)CC1C. The van der Waals surface area contributed by atoms with E-state index in [1.54, 1.807) is 0 Å². The fourth-order valence-corrected chi connectivity index (χ4v) is 1.62. The van der Waals surface area contributed by atoms with Gasteiger partial charge in [0, 0.05) is 12.5 Å². The van der Waals surface area contributed by atoms with Crippen LogP contribution in [0.5, 0.6) is 0 Å². The lowest BCUT2D eigenvalue weighted by atomic mass is 9.98. The van der Waals surface area contributed by atoms with Crippen molar-refractivity contribution in [3.63, 3.8) is 0 Å². The summed E-state index contributed by atoms with van der Waals surface area (Å²) in [4.78, 5) is 10.9. The summed E-state index contributed by atoms with van der Waals surface area (Å²) in [5.74, 6) is 0.785. The molecule has 1 aliphatic rings. The van der Waals surface area contributed by atoms with E-state index in [-0.39, 0.29) is 5.91 Å². The van der Waals surface area contributed by atoms with Crippen LogP contribution in [-0.2, 0) is 4.79 Å². The first-order valence-corrected chi connectivity index (χ1v) is 4.53. The van der Waals surface area contributed by atoms with Crippen molar-refractivity contribution in [2.45, 2.75) is 45.6 Å². The van der Waals surface area contributed by atoms with Crippen LogP contribution >= 0.6 is 0 Å². The van der Waals surface area contributed by atoms with E-state index in [9.17, 15) is 4.79 Å². The van der Waals surface area contributed by atoms with Gasteiger partial charge in [0.05, 0.1) is 0 Å². The second-order valence-corrected chi connectivity index (χ2v) is 3.50. The fraction of sp³-hybridized carbons (Fsp3) is 0.889. The van der Waals surface area contributed by atoms with E-state index in [0.717, 1.165) is 12.8 Å². The molecule has 11 heavy (non-hydrogen) atoms. The van der Waals surface area contributed by atoms with Crippen LogP contribution in [0.3, 0.4) is 0 Å². The lowest BCUT2D eigenvalue weighted by Gasteiger charge is -2.13. The Labute approximate surface area is 68.4 Å². The molecule has 1 saturated heterocycles. The van der Waals surface area contributed by atoms with Crippen LogP contribution in [0.2, 0.25) is 0 Å². The van der Waals surface area contributed by atoms with Crippen molar-refractivity contribution in [3.05, 3.63) is 0 Å². The van der Waals surface area contributed by atoms with Crippen molar-refractivity contribution in [3.8, 4) is 0 Å². The Kier molecular flexibility index (Phi) is 2.92. The standard InChI is InChI=1S/C9H17NO/c1-3-4-5-8-7(2)6-9(11)10-8/h7-8H,3-6H2,1-2H3,(H,10,11). The molecule has 0 spiro atoms. The third kappa shape index (κ3) is 2.21. The van der Waals surface area contributed by atoms with E-state index in [0.29, 0.717) is 12.0 Å². The Bertz CT molecular complexity index is 144. The van der Waals surface area contributed by atoms with Gasteiger partial charge in [0.25, 0.3) is 0 Å². The highest BCUT2D eigenvalue weighted by Crippen LogP contribution is 2.19. The maximum absolute atomic E-state index is 10.9. The largest absolute Gasteiger partial charge is 0.353 e. The predicted molar refractivity (Wildman–Crippen MR) is 45.2 cm³/mol. The van der Waals surface area contributed by atoms with Crippen molar-refractivity contribution in [2.24, 2.45) is 5.92 Å². The molecule has 0 aromatic heterocycles. The molecular weight excluding hydrogens is 138 g/mol. The van der Waals surface area contributed by atoms with E-state index in [2.05, 4.69) is 19.2 Å². The second-order valence-electron chi connectivity index (χ2n) is 3.50. The minimum absolute atomic E-state index is 0.235. The summed E-state index contributed by atoms with van der Waals surface area (Å²) in [7, 11) is 0. The first-order valence-electron chi connectivity index (χ1n) is 4.53. The van der Waals surface area contributed by atoms with Gasteiger partial charge < -0.3 is 5.32 Å². The van der Waals surface area contributed by atoms with Gasteiger partial charge in [-0.25, -0.2) is 0 Å². The Morgan fingerprint density at radius 2 is 2.36 bits per heavy atom. The smallest absolute Gasteiger partial charge is 0.220 e. The van der Waals surface area contributed by atoms with Gasteiger partial charge >= 0.3 is 0 Å². The lowest BCUT2D eigenvalue weighted by Crippen LogP contribution is -2.27. The Hall–Kier alpha value is -0.530. The van der Waals surface area contributed by atoms with Crippen LogP contribution in [0.1, 0.15) is 39.5 Å². The molecule has 0 radical (unpaired) electrons. The summed E-state index contributed by atoms with van der Waals surface area (Å²) in [6.45, 7) is 4.33. The maximum Gasteiger partial charge on any atom is 0.220 e. The topological polar surface area (TPSA) is 29.1 Å². The van der Waals surface area contributed by atoms with Gasteiger partial charge in [-0.1, -0.05) is 26.7 Å². The van der Waals surface area contributed by atoms with Crippen LogP contribution in [0, 0.1) is 5.92 Å². The number of hydrogen-bond acceptors (Lipinski definition) is 1. The third-order valence-electron chi connectivity index (χ3n) is 2.41. The van der Waals surface area contributed by atoms with E-state index in [1.807, 2.05) is 0 Å². The lowest BCUT2D eigenvalue weighted by molar-refractivity contribution is -0.119. The van der Waals surface area contributed by atoms with Crippen LogP contribution in [0.25, 0.3) is 0 Å². The molecule has 0 aromatic carbocycles. The van der Waals surface area contributed by atoms with Crippen LogP contribution in [0.15, 0.2) is 0 Å². The number of rotatable bonds is 3. The highest BCUT2D eigenvalue weighted by Gasteiger charge is 2.27. The first-order chi connectivity index (χ1) is 5.24. The van der Waals surface area contributed by atoms with Crippen LogP contribution in [-0.4, -0.2) is 11.9 Å². The highest BCUT2D eigenvalue weighted by atomic mass is 16.1. The Balaban J connectivity index is 2.28. The zero-order chi connectivity index (χ0) is 8.27. The molecule has 1 aliphatic heterocycles. The average Bonchev–Trinajstić information content (AvgIpc) is 2.26. The van der Waals surface area contributed by atoms with Gasteiger partial charge in [0.1, 0.15) is 0 Å².